The van der Waals surface area contributed by atoms with Crippen LogP contribution in [0.15, 0.2) is 41.8 Å². The number of nitrogens with one attached hydrogen (secondary N) is 3. The maximum absolute atomic E-state index is 13.3. The van der Waals surface area contributed by atoms with Crippen molar-refractivity contribution in [2.24, 2.45) is 5.92 Å². The molecule has 1 aliphatic carbocycles. The molecule has 3 N–H and O–H groups in total. The van der Waals surface area contributed by atoms with Gasteiger partial charge in [-0.3, -0.25) is 20.3 Å². The van der Waals surface area contributed by atoms with Crippen LogP contribution in [0.4, 0.5) is 9.18 Å². The highest BCUT2D eigenvalue weighted by Gasteiger charge is 2.52. The molecule has 1 aromatic carbocycles. The fourth-order valence-electron chi connectivity index (χ4n) is 4.17. The van der Waals surface area contributed by atoms with Gasteiger partial charge in [-0.1, -0.05) is 25.1 Å². The monoisotopic (exact) mass is 444 g/mol. The molecule has 9 heteroatoms. The van der Waals surface area contributed by atoms with Crippen molar-refractivity contribution in [1.29, 1.82) is 0 Å². The first-order chi connectivity index (χ1) is 14.9. The Morgan fingerprint density at radius 3 is 2.61 bits per heavy atom. The molecule has 4 rings (SSSR count). The average Bonchev–Trinajstić information content (AvgIpc) is 3.35. The Morgan fingerprint density at radius 1 is 1.26 bits per heavy atom. The van der Waals surface area contributed by atoms with E-state index in [1.165, 1.54) is 23.5 Å². The molecule has 2 aliphatic rings. The Bertz CT molecular complexity index is 956. The number of nitrogens with zero attached hydrogens (tertiary/aromatic N) is 1. The molecule has 1 atom stereocenters. The lowest BCUT2D eigenvalue weighted by Crippen LogP contribution is -2.52. The Balaban J connectivity index is 1.40. The molecule has 0 radical (unpaired) electrons. The molecule has 7 nitrogen and oxygen atoms in total. The van der Waals surface area contributed by atoms with Gasteiger partial charge in [-0.25, -0.2) is 9.18 Å². The Hall–Kier alpha value is -2.78. The number of urea groups is 1. The molecule has 4 amide bonds. The van der Waals surface area contributed by atoms with Gasteiger partial charge in [0, 0.05) is 4.88 Å². The predicted octanol–water partition coefficient (Wildman–Crippen LogP) is 3.10. The fourth-order valence-corrected chi connectivity index (χ4v) is 5.00. The van der Waals surface area contributed by atoms with Crippen LogP contribution in [0.3, 0.4) is 0 Å². The number of halogens is 1. The van der Waals surface area contributed by atoms with Gasteiger partial charge in [-0.05, 0) is 60.7 Å². The SMILES string of the molecule is CC1CCC2(CC1)NC(=O)N(NC(=O)CN[C@@H](c1ccc(F)cc1)c1cccs1)C2=O. The zero-order chi connectivity index (χ0) is 22.0. The van der Waals surface area contributed by atoms with Gasteiger partial charge >= 0.3 is 6.03 Å². The highest BCUT2D eigenvalue weighted by atomic mass is 32.1. The number of hydrogen-bond donors (Lipinski definition) is 3. The van der Waals surface area contributed by atoms with E-state index in [2.05, 4.69) is 23.0 Å². The maximum atomic E-state index is 13.3. The van der Waals surface area contributed by atoms with Crippen LogP contribution >= 0.6 is 11.3 Å². The Morgan fingerprint density at radius 2 is 1.97 bits per heavy atom. The molecule has 2 fully saturated rings. The van der Waals surface area contributed by atoms with Crippen LogP contribution in [0.25, 0.3) is 0 Å². The summed E-state index contributed by atoms with van der Waals surface area (Å²) in [7, 11) is 0. The number of benzene rings is 1. The third-order valence-corrected chi connectivity index (χ3v) is 6.96. The standard InChI is InChI=1S/C22H25FN4O3S/c1-14-8-10-22(11-9-14)20(29)27(21(30)25-22)26-18(28)13-24-19(17-3-2-12-31-17)15-4-6-16(23)7-5-15/h2-7,12,14,19,24H,8-11,13H2,1H3,(H,25,30)(H,26,28)/t14?,19-,22?/m0/s1. The minimum absolute atomic E-state index is 0.124. The molecule has 1 saturated carbocycles. The first-order valence-electron chi connectivity index (χ1n) is 10.4. The smallest absolute Gasteiger partial charge is 0.322 e. The first-order valence-corrected chi connectivity index (χ1v) is 11.2. The number of rotatable bonds is 6. The minimum Gasteiger partial charge on any atom is -0.322 e. The van der Waals surface area contributed by atoms with E-state index in [1.54, 1.807) is 12.1 Å². The second kappa shape index (κ2) is 8.76. The third kappa shape index (κ3) is 4.47. The molecule has 1 aromatic heterocycles. The molecule has 1 spiro atoms. The lowest BCUT2D eigenvalue weighted by Gasteiger charge is -2.33. The van der Waals surface area contributed by atoms with Gasteiger partial charge in [0.1, 0.15) is 11.4 Å². The van der Waals surface area contributed by atoms with E-state index < -0.39 is 23.4 Å². The summed E-state index contributed by atoms with van der Waals surface area (Å²) in [4.78, 5) is 38.8. The number of thiophene rings is 1. The summed E-state index contributed by atoms with van der Waals surface area (Å²) >= 11 is 1.51. The number of carbonyl (C=O) groups is 3. The van der Waals surface area contributed by atoms with E-state index in [9.17, 15) is 18.8 Å². The number of amides is 4. The summed E-state index contributed by atoms with van der Waals surface area (Å²) in [6, 6.07) is 8.98. The quantitative estimate of drug-likeness (QED) is 0.597. The summed E-state index contributed by atoms with van der Waals surface area (Å²) in [5.41, 5.74) is 2.34. The van der Waals surface area contributed by atoms with Crippen LogP contribution in [0.2, 0.25) is 0 Å². The van der Waals surface area contributed by atoms with Gasteiger partial charge in [-0.15, -0.1) is 11.3 Å². The molecule has 1 aliphatic heterocycles. The molecule has 164 valence electrons. The lowest BCUT2D eigenvalue weighted by atomic mass is 9.77. The van der Waals surface area contributed by atoms with E-state index >= 15 is 0 Å². The van der Waals surface area contributed by atoms with Gasteiger partial charge in [0.25, 0.3) is 11.8 Å². The van der Waals surface area contributed by atoms with E-state index in [0.29, 0.717) is 18.8 Å². The van der Waals surface area contributed by atoms with Crippen molar-refractivity contribution in [3.05, 3.63) is 58.0 Å². The number of hydrazine groups is 1. The van der Waals surface area contributed by atoms with Gasteiger partial charge < -0.3 is 5.32 Å². The topological polar surface area (TPSA) is 90.5 Å². The Labute approximate surface area is 184 Å². The van der Waals surface area contributed by atoms with Crippen LogP contribution in [0, 0.1) is 11.7 Å². The maximum Gasteiger partial charge on any atom is 0.344 e. The van der Waals surface area contributed by atoms with Gasteiger partial charge in [-0.2, -0.15) is 5.01 Å². The van der Waals surface area contributed by atoms with Gasteiger partial charge in [0.15, 0.2) is 0 Å². The summed E-state index contributed by atoms with van der Waals surface area (Å²) < 4.78 is 13.3. The fraction of sp³-hybridized carbons (Fsp3) is 0.409. The highest BCUT2D eigenvalue weighted by Crippen LogP contribution is 2.35. The van der Waals surface area contributed by atoms with Crippen molar-refractivity contribution >= 4 is 29.2 Å². The highest BCUT2D eigenvalue weighted by molar-refractivity contribution is 7.10. The molecule has 2 aromatic rings. The number of hydrogen-bond acceptors (Lipinski definition) is 5. The molecular weight excluding hydrogens is 419 g/mol. The normalized spacial score (nSPS) is 24.3. The summed E-state index contributed by atoms with van der Waals surface area (Å²) in [5, 5.41) is 8.65. The average molecular weight is 445 g/mol. The molecular formula is C22H25FN4O3S. The van der Waals surface area contributed by atoms with Crippen molar-refractivity contribution in [3.63, 3.8) is 0 Å². The van der Waals surface area contributed by atoms with E-state index in [4.69, 9.17) is 0 Å². The zero-order valence-corrected chi connectivity index (χ0v) is 18.0. The lowest BCUT2D eigenvalue weighted by molar-refractivity contribution is -0.139. The van der Waals surface area contributed by atoms with Crippen LogP contribution in [0.5, 0.6) is 0 Å². The third-order valence-electron chi connectivity index (χ3n) is 6.02. The predicted molar refractivity (Wildman–Crippen MR) is 114 cm³/mol. The van der Waals surface area contributed by atoms with E-state index in [-0.39, 0.29) is 18.4 Å². The van der Waals surface area contributed by atoms with E-state index in [1.807, 2.05) is 17.5 Å². The van der Waals surface area contributed by atoms with Crippen molar-refractivity contribution in [2.45, 2.75) is 44.2 Å². The van der Waals surface area contributed by atoms with Crippen molar-refractivity contribution in [1.82, 2.24) is 21.1 Å². The molecule has 31 heavy (non-hydrogen) atoms. The van der Waals surface area contributed by atoms with Crippen molar-refractivity contribution < 1.29 is 18.8 Å². The van der Waals surface area contributed by atoms with Gasteiger partial charge in [0.2, 0.25) is 0 Å². The molecule has 1 saturated heterocycles. The van der Waals surface area contributed by atoms with Crippen LogP contribution in [-0.2, 0) is 9.59 Å². The van der Waals surface area contributed by atoms with Crippen LogP contribution in [0.1, 0.15) is 49.1 Å². The van der Waals surface area contributed by atoms with Crippen LogP contribution in [-0.4, -0.2) is 34.9 Å². The molecule has 0 bridgehead atoms. The van der Waals surface area contributed by atoms with Crippen molar-refractivity contribution in [2.75, 3.05) is 6.54 Å². The number of imide groups is 1. The largest absolute Gasteiger partial charge is 0.344 e. The second-order valence-electron chi connectivity index (χ2n) is 8.25. The second-order valence-corrected chi connectivity index (χ2v) is 9.23. The van der Waals surface area contributed by atoms with Crippen molar-refractivity contribution in [3.8, 4) is 0 Å². The van der Waals surface area contributed by atoms with Gasteiger partial charge in [0.05, 0.1) is 12.6 Å². The van der Waals surface area contributed by atoms with Crippen LogP contribution < -0.4 is 16.1 Å². The number of carbonyl (C=O) groups excluding carboxylic acids is 3. The summed E-state index contributed by atoms with van der Waals surface area (Å²) in [6.45, 7) is 2.01. The summed E-state index contributed by atoms with van der Waals surface area (Å²) in [5.74, 6) is -0.723. The summed E-state index contributed by atoms with van der Waals surface area (Å²) in [6.07, 6.45) is 2.87. The minimum atomic E-state index is -0.905. The molecule has 0 unspecified atom stereocenters. The van der Waals surface area contributed by atoms with E-state index in [0.717, 1.165) is 28.3 Å². The first kappa shape index (κ1) is 21.5. The Kier molecular flexibility index (Phi) is 6.06. The zero-order valence-electron chi connectivity index (χ0n) is 17.2. The molecule has 2 heterocycles.